The fourth-order valence-electron chi connectivity index (χ4n) is 3.18. The van der Waals surface area contributed by atoms with E-state index < -0.39 is 0 Å². The van der Waals surface area contributed by atoms with Crippen molar-refractivity contribution in [2.45, 2.75) is 58.0 Å². The molecule has 2 fully saturated rings. The third-order valence-electron chi connectivity index (χ3n) is 4.06. The van der Waals surface area contributed by atoms with Crippen LogP contribution < -0.4 is 5.32 Å². The SMILES string of the molecule is CC1CNCC(C)N(C2CCCCC2)C1. The fraction of sp³-hybridized carbons (Fsp3) is 1.00. The van der Waals surface area contributed by atoms with Crippen molar-refractivity contribution in [3.05, 3.63) is 0 Å². The summed E-state index contributed by atoms with van der Waals surface area (Å²) in [5.74, 6) is 0.817. The van der Waals surface area contributed by atoms with Gasteiger partial charge in [-0.25, -0.2) is 0 Å². The molecule has 0 amide bonds. The van der Waals surface area contributed by atoms with Crippen LogP contribution in [0.2, 0.25) is 0 Å². The third kappa shape index (κ3) is 2.94. The van der Waals surface area contributed by atoms with Crippen molar-refractivity contribution in [3.8, 4) is 0 Å². The number of hydrogen-bond donors (Lipinski definition) is 1. The van der Waals surface area contributed by atoms with Crippen molar-refractivity contribution in [2.75, 3.05) is 19.6 Å². The molecule has 2 unspecified atom stereocenters. The highest BCUT2D eigenvalue weighted by Gasteiger charge is 2.27. The fourth-order valence-corrected chi connectivity index (χ4v) is 3.18. The highest BCUT2D eigenvalue weighted by atomic mass is 15.2. The van der Waals surface area contributed by atoms with E-state index in [1.807, 2.05) is 0 Å². The van der Waals surface area contributed by atoms with Crippen molar-refractivity contribution in [1.82, 2.24) is 10.2 Å². The summed E-state index contributed by atoms with van der Waals surface area (Å²) in [6, 6.07) is 1.62. The molecule has 2 aliphatic rings. The van der Waals surface area contributed by atoms with Crippen molar-refractivity contribution >= 4 is 0 Å². The molecule has 2 atom stereocenters. The van der Waals surface area contributed by atoms with E-state index in [2.05, 4.69) is 24.1 Å². The third-order valence-corrected chi connectivity index (χ3v) is 4.06. The van der Waals surface area contributed by atoms with Crippen LogP contribution in [0.1, 0.15) is 46.0 Å². The Morgan fingerprint density at radius 1 is 1.00 bits per heavy atom. The molecule has 0 aromatic rings. The van der Waals surface area contributed by atoms with Crippen molar-refractivity contribution in [1.29, 1.82) is 0 Å². The summed E-state index contributed by atoms with van der Waals surface area (Å²) in [5, 5.41) is 3.57. The Kier molecular flexibility index (Phi) is 4.04. The summed E-state index contributed by atoms with van der Waals surface area (Å²) < 4.78 is 0. The molecule has 2 rings (SSSR count). The number of nitrogens with one attached hydrogen (secondary N) is 1. The Morgan fingerprint density at radius 2 is 1.73 bits per heavy atom. The molecule has 0 spiro atoms. The lowest BCUT2D eigenvalue weighted by Crippen LogP contribution is -2.45. The van der Waals surface area contributed by atoms with Gasteiger partial charge in [0.1, 0.15) is 0 Å². The maximum absolute atomic E-state index is 3.57. The van der Waals surface area contributed by atoms with E-state index in [0.717, 1.165) is 18.0 Å². The van der Waals surface area contributed by atoms with E-state index in [-0.39, 0.29) is 0 Å². The molecule has 0 aromatic heterocycles. The van der Waals surface area contributed by atoms with Gasteiger partial charge in [0.2, 0.25) is 0 Å². The summed E-state index contributed by atoms with van der Waals surface area (Å²) in [7, 11) is 0. The quantitative estimate of drug-likeness (QED) is 0.714. The maximum Gasteiger partial charge on any atom is 0.0195 e. The Balaban J connectivity index is 1.96. The first kappa shape index (κ1) is 11.4. The first-order valence-corrected chi connectivity index (χ1v) is 6.74. The zero-order valence-electron chi connectivity index (χ0n) is 10.3. The highest BCUT2D eigenvalue weighted by molar-refractivity contribution is 4.84. The standard InChI is InChI=1S/C13H26N2/c1-11-8-14-9-12(2)15(10-11)13-6-4-3-5-7-13/h11-14H,3-10H2,1-2H3. The smallest absolute Gasteiger partial charge is 0.0195 e. The number of rotatable bonds is 1. The van der Waals surface area contributed by atoms with Gasteiger partial charge in [0, 0.05) is 25.2 Å². The minimum absolute atomic E-state index is 0.734. The number of nitrogens with zero attached hydrogens (tertiary/aromatic N) is 1. The molecule has 15 heavy (non-hydrogen) atoms. The molecule has 0 aromatic carbocycles. The van der Waals surface area contributed by atoms with E-state index in [1.54, 1.807) is 0 Å². The Morgan fingerprint density at radius 3 is 2.47 bits per heavy atom. The monoisotopic (exact) mass is 210 g/mol. The largest absolute Gasteiger partial charge is 0.315 e. The molecule has 1 N–H and O–H groups in total. The lowest BCUT2D eigenvalue weighted by molar-refractivity contribution is 0.110. The van der Waals surface area contributed by atoms with Gasteiger partial charge in [0.25, 0.3) is 0 Å². The van der Waals surface area contributed by atoms with Gasteiger partial charge in [-0.3, -0.25) is 4.90 Å². The zero-order valence-corrected chi connectivity index (χ0v) is 10.3. The summed E-state index contributed by atoms with van der Waals surface area (Å²) in [4.78, 5) is 2.78. The zero-order chi connectivity index (χ0) is 10.7. The van der Waals surface area contributed by atoms with Gasteiger partial charge in [-0.2, -0.15) is 0 Å². The van der Waals surface area contributed by atoms with E-state index in [4.69, 9.17) is 0 Å². The normalized spacial score (nSPS) is 36.4. The van der Waals surface area contributed by atoms with Crippen LogP contribution in [0.25, 0.3) is 0 Å². The minimum atomic E-state index is 0.734. The van der Waals surface area contributed by atoms with Crippen molar-refractivity contribution in [2.24, 2.45) is 5.92 Å². The van der Waals surface area contributed by atoms with Crippen LogP contribution in [-0.2, 0) is 0 Å². The molecule has 1 aliphatic carbocycles. The molecule has 1 aliphatic heterocycles. The second-order valence-corrected chi connectivity index (χ2v) is 5.60. The van der Waals surface area contributed by atoms with Crippen LogP contribution in [-0.4, -0.2) is 36.6 Å². The molecule has 0 radical (unpaired) electrons. The van der Waals surface area contributed by atoms with Crippen LogP contribution in [0.3, 0.4) is 0 Å². The minimum Gasteiger partial charge on any atom is -0.315 e. The molecule has 2 heteroatoms. The lowest BCUT2D eigenvalue weighted by Gasteiger charge is -2.38. The van der Waals surface area contributed by atoms with Gasteiger partial charge in [0.05, 0.1) is 0 Å². The predicted octanol–water partition coefficient (Wildman–Crippen LogP) is 2.25. The van der Waals surface area contributed by atoms with Crippen molar-refractivity contribution < 1.29 is 0 Å². The number of hydrogen-bond acceptors (Lipinski definition) is 2. The van der Waals surface area contributed by atoms with Gasteiger partial charge in [-0.1, -0.05) is 26.2 Å². The molecular weight excluding hydrogens is 184 g/mol. The topological polar surface area (TPSA) is 15.3 Å². The molecule has 0 bridgehead atoms. The lowest BCUT2D eigenvalue weighted by atomic mass is 9.92. The molecular formula is C13H26N2. The van der Waals surface area contributed by atoms with Gasteiger partial charge >= 0.3 is 0 Å². The maximum atomic E-state index is 3.57. The van der Waals surface area contributed by atoms with Crippen LogP contribution in [0.15, 0.2) is 0 Å². The summed E-state index contributed by atoms with van der Waals surface area (Å²) in [6.07, 6.45) is 7.26. The van der Waals surface area contributed by atoms with E-state index in [1.165, 1.54) is 51.7 Å². The summed E-state index contributed by atoms with van der Waals surface area (Å²) in [5.41, 5.74) is 0. The van der Waals surface area contributed by atoms with E-state index >= 15 is 0 Å². The van der Waals surface area contributed by atoms with E-state index in [0.29, 0.717) is 0 Å². The van der Waals surface area contributed by atoms with Gasteiger partial charge in [-0.05, 0) is 32.2 Å². The Labute approximate surface area is 94.4 Å². The second-order valence-electron chi connectivity index (χ2n) is 5.60. The second kappa shape index (κ2) is 5.31. The average Bonchev–Trinajstić information content (AvgIpc) is 2.42. The van der Waals surface area contributed by atoms with Crippen LogP contribution in [0, 0.1) is 5.92 Å². The highest BCUT2D eigenvalue weighted by Crippen LogP contribution is 2.25. The summed E-state index contributed by atoms with van der Waals surface area (Å²) >= 11 is 0. The van der Waals surface area contributed by atoms with Gasteiger partial charge in [0.15, 0.2) is 0 Å². The van der Waals surface area contributed by atoms with Crippen LogP contribution in [0.5, 0.6) is 0 Å². The molecule has 2 nitrogen and oxygen atoms in total. The van der Waals surface area contributed by atoms with Crippen LogP contribution in [0.4, 0.5) is 0 Å². The van der Waals surface area contributed by atoms with Crippen molar-refractivity contribution in [3.63, 3.8) is 0 Å². The van der Waals surface area contributed by atoms with E-state index in [9.17, 15) is 0 Å². The summed E-state index contributed by atoms with van der Waals surface area (Å²) in [6.45, 7) is 8.45. The average molecular weight is 210 g/mol. The molecule has 88 valence electrons. The Bertz CT molecular complexity index is 187. The predicted molar refractivity (Wildman–Crippen MR) is 65.1 cm³/mol. The van der Waals surface area contributed by atoms with Gasteiger partial charge in [-0.15, -0.1) is 0 Å². The first-order chi connectivity index (χ1) is 7.27. The van der Waals surface area contributed by atoms with Crippen LogP contribution >= 0.6 is 0 Å². The molecule has 1 saturated heterocycles. The molecule has 1 heterocycles. The Hall–Kier alpha value is -0.0800. The van der Waals surface area contributed by atoms with Gasteiger partial charge < -0.3 is 5.32 Å². The first-order valence-electron chi connectivity index (χ1n) is 6.74. The molecule has 1 saturated carbocycles.